The van der Waals surface area contributed by atoms with Gasteiger partial charge in [-0.05, 0) is 43.3 Å². The Morgan fingerprint density at radius 3 is 2.38 bits per heavy atom. The van der Waals surface area contributed by atoms with Gasteiger partial charge in [-0.2, -0.15) is 0 Å². The fourth-order valence-corrected chi connectivity index (χ4v) is 2.56. The van der Waals surface area contributed by atoms with Gasteiger partial charge in [-0.1, -0.05) is 35.3 Å². The van der Waals surface area contributed by atoms with Crippen molar-refractivity contribution in [2.75, 3.05) is 11.9 Å². The number of ether oxygens (including phenoxy) is 1. The van der Waals surface area contributed by atoms with E-state index in [0.717, 1.165) is 11.3 Å². The molecule has 3 aromatic rings. The molecule has 0 bridgehead atoms. The molecule has 0 aliphatic heterocycles. The normalized spacial score (nSPS) is 10.4. The Morgan fingerprint density at radius 2 is 1.77 bits per heavy atom. The van der Waals surface area contributed by atoms with Gasteiger partial charge < -0.3 is 10.1 Å². The van der Waals surface area contributed by atoms with Gasteiger partial charge in [0.15, 0.2) is 0 Å². The lowest BCUT2D eigenvalue weighted by atomic mass is 10.1. The number of hydrogen-bond acceptors (Lipinski definition) is 4. The maximum absolute atomic E-state index is 12.3. The van der Waals surface area contributed by atoms with Crippen LogP contribution in [0.25, 0.3) is 11.3 Å². The summed E-state index contributed by atoms with van der Waals surface area (Å²) in [5, 5.41) is 11.7. The van der Waals surface area contributed by atoms with Crippen LogP contribution in [0.3, 0.4) is 0 Å². The van der Waals surface area contributed by atoms with Crippen LogP contribution in [0.2, 0.25) is 10.0 Å². The molecule has 0 aliphatic rings. The molecule has 26 heavy (non-hydrogen) atoms. The van der Waals surface area contributed by atoms with Gasteiger partial charge in [0, 0.05) is 22.9 Å². The van der Waals surface area contributed by atoms with E-state index in [2.05, 4.69) is 15.5 Å². The zero-order valence-electron chi connectivity index (χ0n) is 13.9. The van der Waals surface area contributed by atoms with Crippen LogP contribution in [0.5, 0.6) is 5.88 Å². The minimum absolute atomic E-state index is 0.267. The summed E-state index contributed by atoms with van der Waals surface area (Å²) < 4.78 is 5.28. The predicted molar refractivity (Wildman–Crippen MR) is 103 cm³/mol. The van der Waals surface area contributed by atoms with Gasteiger partial charge in [-0.25, -0.2) is 0 Å². The second kappa shape index (κ2) is 8.17. The molecule has 0 spiro atoms. The molecule has 132 valence electrons. The first-order valence-electron chi connectivity index (χ1n) is 7.90. The van der Waals surface area contributed by atoms with Crippen LogP contribution >= 0.6 is 23.2 Å². The molecule has 7 heteroatoms. The van der Waals surface area contributed by atoms with E-state index in [4.69, 9.17) is 27.9 Å². The van der Waals surface area contributed by atoms with E-state index in [1.807, 2.05) is 25.1 Å². The van der Waals surface area contributed by atoms with Crippen LogP contribution in [0.1, 0.15) is 17.3 Å². The number of nitrogens with one attached hydrogen (secondary N) is 1. The zero-order valence-corrected chi connectivity index (χ0v) is 15.4. The number of anilines is 1. The van der Waals surface area contributed by atoms with Crippen molar-refractivity contribution in [3.63, 3.8) is 0 Å². The van der Waals surface area contributed by atoms with Crippen LogP contribution < -0.4 is 10.1 Å². The first kappa shape index (κ1) is 18.2. The van der Waals surface area contributed by atoms with Crippen LogP contribution in [0.4, 0.5) is 5.69 Å². The van der Waals surface area contributed by atoms with Crippen LogP contribution in [0.15, 0.2) is 54.6 Å². The summed E-state index contributed by atoms with van der Waals surface area (Å²) in [6, 6.07) is 15.6. The molecule has 0 aliphatic carbocycles. The van der Waals surface area contributed by atoms with E-state index >= 15 is 0 Å². The van der Waals surface area contributed by atoms with E-state index < -0.39 is 0 Å². The van der Waals surface area contributed by atoms with Crippen molar-refractivity contribution in [3.8, 4) is 17.1 Å². The number of hydrogen-bond donors (Lipinski definition) is 1. The molecule has 0 saturated heterocycles. The second-order valence-corrected chi connectivity index (χ2v) is 6.16. The van der Waals surface area contributed by atoms with Crippen molar-refractivity contribution < 1.29 is 9.53 Å². The average Bonchev–Trinajstić information content (AvgIpc) is 2.65. The Morgan fingerprint density at radius 1 is 1.00 bits per heavy atom. The van der Waals surface area contributed by atoms with Gasteiger partial charge >= 0.3 is 0 Å². The van der Waals surface area contributed by atoms with Gasteiger partial charge in [0.25, 0.3) is 5.91 Å². The molecule has 5 nitrogen and oxygen atoms in total. The zero-order chi connectivity index (χ0) is 18.5. The maximum Gasteiger partial charge on any atom is 0.255 e. The summed E-state index contributed by atoms with van der Waals surface area (Å²) in [5.74, 6) is 0.221. The lowest BCUT2D eigenvalue weighted by Gasteiger charge is -2.07. The van der Waals surface area contributed by atoms with Gasteiger partial charge in [0.05, 0.1) is 22.3 Å². The number of amides is 1. The second-order valence-electron chi connectivity index (χ2n) is 5.35. The summed E-state index contributed by atoms with van der Waals surface area (Å²) >= 11 is 11.8. The highest BCUT2D eigenvalue weighted by atomic mass is 35.5. The van der Waals surface area contributed by atoms with Crippen molar-refractivity contribution in [1.82, 2.24) is 10.2 Å². The average molecular weight is 388 g/mol. The molecule has 0 saturated carbocycles. The standard InChI is InChI=1S/C19H15Cl2N3O2/c1-2-26-18-10-9-17(23-24-18)12-3-6-14(7-4-12)22-19(25)13-5-8-15(20)16(21)11-13/h3-11H,2H2,1H3,(H,22,25). The maximum atomic E-state index is 12.3. The van der Waals surface area contributed by atoms with Crippen molar-refractivity contribution in [3.05, 3.63) is 70.2 Å². The summed E-state index contributed by atoms with van der Waals surface area (Å²) in [5.41, 5.74) is 2.69. The third-order valence-corrected chi connectivity index (χ3v) is 4.29. The third kappa shape index (κ3) is 4.31. The highest BCUT2D eigenvalue weighted by Crippen LogP contribution is 2.24. The highest BCUT2D eigenvalue weighted by Gasteiger charge is 2.09. The summed E-state index contributed by atoms with van der Waals surface area (Å²) in [4.78, 5) is 12.3. The Bertz CT molecular complexity index is 913. The fourth-order valence-electron chi connectivity index (χ4n) is 2.26. The Labute approximate surface area is 160 Å². The minimum Gasteiger partial charge on any atom is -0.477 e. The molecule has 3 rings (SSSR count). The molecule has 1 N–H and O–H groups in total. The van der Waals surface area contributed by atoms with Crippen LogP contribution in [0, 0.1) is 0 Å². The lowest BCUT2D eigenvalue weighted by molar-refractivity contribution is 0.102. The van der Waals surface area contributed by atoms with E-state index in [1.165, 1.54) is 6.07 Å². The van der Waals surface area contributed by atoms with E-state index in [9.17, 15) is 4.79 Å². The van der Waals surface area contributed by atoms with Crippen molar-refractivity contribution in [2.45, 2.75) is 6.92 Å². The van der Waals surface area contributed by atoms with Gasteiger partial charge in [0.1, 0.15) is 0 Å². The monoisotopic (exact) mass is 387 g/mol. The smallest absolute Gasteiger partial charge is 0.255 e. The summed E-state index contributed by atoms with van der Waals surface area (Å²) in [7, 11) is 0. The summed E-state index contributed by atoms with van der Waals surface area (Å²) in [6.07, 6.45) is 0. The van der Waals surface area contributed by atoms with Crippen molar-refractivity contribution in [1.29, 1.82) is 0 Å². The molecule has 0 atom stereocenters. The quantitative estimate of drug-likeness (QED) is 0.661. The predicted octanol–water partition coefficient (Wildman–Crippen LogP) is 5.10. The third-order valence-electron chi connectivity index (χ3n) is 3.55. The molecule has 1 amide bonds. The van der Waals surface area contributed by atoms with E-state index in [0.29, 0.717) is 33.8 Å². The number of rotatable bonds is 5. The molecule has 1 heterocycles. The topological polar surface area (TPSA) is 64.1 Å². The van der Waals surface area contributed by atoms with Gasteiger partial charge in [-0.15, -0.1) is 10.2 Å². The van der Waals surface area contributed by atoms with Gasteiger partial charge in [-0.3, -0.25) is 4.79 Å². The number of carbonyl (C=O) groups excluding carboxylic acids is 1. The molecule has 0 radical (unpaired) electrons. The Kier molecular flexibility index (Phi) is 5.71. The first-order chi connectivity index (χ1) is 12.6. The number of aromatic nitrogens is 2. The molecule has 2 aromatic carbocycles. The summed E-state index contributed by atoms with van der Waals surface area (Å²) in [6.45, 7) is 2.43. The van der Waals surface area contributed by atoms with Crippen molar-refractivity contribution in [2.24, 2.45) is 0 Å². The molecule has 0 unspecified atom stereocenters. The minimum atomic E-state index is -0.267. The number of benzene rings is 2. The van der Waals surface area contributed by atoms with Crippen molar-refractivity contribution >= 4 is 34.8 Å². The number of halogens is 2. The van der Waals surface area contributed by atoms with Gasteiger partial charge in [0.2, 0.25) is 5.88 Å². The molecular formula is C19H15Cl2N3O2. The Balaban J connectivity index is 1.70. The fraction of sp³-hybridized carbons (Fsp3) is 0.105. The number of nitrogens with zero attached hydrogens (tertiary/aromatic N) is 2. The number of carbonyl (C=O) groups is 1. The Hall–Kier alpha value is -2.63. The molecule has 1 aromatic heterocycles. The first-order valence-corrected chi connectivity index (χ1v) is 8.66. The van der Waals surface area contributed by atoms with E-state index in [-0.39, 0.29) is 5.91 Å². The molecule has 0 fully saturated rings. The van der Waals surface area contributed by atoms with E-state index in [1.54, 1.807) is 30.3 Å². The SMILES string of the molecule is CCOc1ccc(-c2ccc(NC(=O)c3ccc(Cl)c(Cl)c3)cc2)nn1. The van der Waals surface area contributed by atoms with Crippen LogP contribution in [-0.2, 0) is 0 Å². The molecular weight excluding hydrogens is 373 g/mol. The highest BCUT2D eigenvalue weighted by molar-refractivity contribution is 6.42. The largest absolute Gasteiger partial charge is 0.477 e. The lowest BCUT2D eigenvalue weighted by Crippen LogP contribution is -2.11. The van der Waals surface area contributed by atoms with Crippen LogP contribution in [-0.4, -0.2) is 22.7 Å².